The lowest BCUT2D eigenvalue weighted by molar-refractivity contribution is -0.136. The molecule has 1 rings (SSSR count). The second-order valence-electron chi connectivity index (χ2n) is 4.60. The molecule has 5 nitrogen and oxygen atoms in total. The predicted octanol–water partition coefficient (Wildman–Crippen LogP) is 1.63. The number of nitrogens with zero attached hydrogens (tertiary/aromatic N) is 2. The summed E-state index contributed by atoms with van der Waals surface area (Å²) in [7, 11) is 0. The number of carbonyl (C=O) groups is 1. The summed E-state index contributed by atoms with van der Waals surface area (Å²) in [5.41, 5.74) is 1.58. The molecular weight excluding hydrogens is 264 g/mol. The number of aliphatic carboxylic acids is 1. The van der Waals surface area contributed by atoms with Crippen molar-refractivity contribution in [2.75, 3.05) is 6.26 Å². The van der Waals surface area contributed by atoms with Gasteiger partial charge in [-0.3, -0.25) is 9.36 Å². The summed E-state index contributed by atoms with van der Waals surface area (Å²) < 4.78 is 1.58. The highest BCUT2D eigenvalue weighted by atomic mass is 32.2. The van der Waals surface area contributed by atoms with Crippen LogP contribution in [0, 0.1) is 13.8 Å². The molecule has 0 bridgehead atoms. The van der Waals surface area contributed by atoms with Gasteiger partial charge in [0.15, 0.2) is 0 Å². The van der Waals surface area contributed by atoms with Crippen molar-refractivity contribution >= 4 is 17.7 Å². The van der Waals surface area contributed by atoms with Crippen LogP contribution in [0.15, 0.2) is 4.79 Å². The summed E-state index contributed by atoms with van der Waals surface area (Å²) in [5.74, 6) is -0.907. The fraction of sp³-hybridized carbons (Fsp3) is 0.615. The molecule has 0 amide bonds. The SMILES string of the molecule is CSC(C)CCn1c(C)c(CC(=O)O)c(C)nc1=O. The first kappa shape index (κ1) is 15.8. The molecule has 0 radical (unpaired) electrons. The van der Waals surface area contributed by atoms with E-state index in [0.717, 1.165) is 6.42 Å². The Bertz CT molecular complexity index is 525. The Balaban J connectivity index is 3.10. The van der Waals surface area contributed by atoms with E-state index in [4.69, 9.17) is 5.11 Å². The summed E-state index contributed by atoms with van der Waals surface area (Å²) in [6, 6.07) is 0. The lowest BCUT2D eigenvalue weighted by atomic mass is 10.1. The first-order valence-electron chi connectivity index (χ1n) is 6.18. The largest absolute Gasteiger partial charge is 0.481 e. The molecule has 1 aromatic heterocycles. The molecule has 1 unspecified atom stereocenters. The van der Waals surface area contributed by atoms with Crippen LogP contribution < -0.4 is 5.69 Å². The Labute approximate surface area is 117 Å². The Morgan fingerprint density at radius 1 is 1.47 bits per heavy atom. The van der Waals surface area contributed by atoms with Crippen LogP contribution in [0.2, 0.25) is 0 Å². The van der Waals surface area contributed by atoms with Crippen molar-refractivity contribution in [2.45, 2.75) is 45.4 Å². The highest BCUT2D eigenvalue weighted by Gasteiger charge is 2.14. The average molecular weight is 284 g/mol. The van der Waals surface area contributed by atoms with Crippen LogP contribution in [0.1, 0.15) is 30.3 Å². The minimum Gasteiger partial charge on any atom is -0.481 e. The van der Waals surface area contributed by atoms with Crippen LogP contribution in [-0.2, 0) is 17.8 Å². The van der Waals surface area contributed by atoms with Gasteiger partial charge in [0.25, 0.3) is 0 Å². The molecule has 1 heterocycles. The van der Waals surface area contributed by atoms with Crippen molar-refractivity contribution in [3.8, 4) is 0 Å². The normalized spacial score (nSPS) is 12.4. The number of hydrogen-bond donors (Lipinski definition) is 1. The van der Waals surface area contributed by atoms with Crippen molar-refractivity contribution in [2.24, 2.45) is 0 Å². The van der Waals surface area contributed by atoms with E-state index < -0.39 is 5.97 Å². The molecule has 6 heteroatoms. The number of aryl methyl sites for hydroxylation is 1. The maximum atomic E-state index is 11.9. The maximum absolute atomic E-state index is 11.9. The first-order valence-corrected chi connectivity index (χ1v) is 7.47. The minimum absolute atomic E-state index is 0.0942. The lowest BCUT2D eigenvalue weighted by Crippen LogP contribution is -2.29. The first-order chi connectivity index (χ1) is 8.86. The van der Waals surface area contributed by atoms with Crippen molar-refractivity contribution in [1.29, 1.82) is 0 Å². The highest BCUT2D eigenvalue weighted by Crippen LogP contribution is 2.14. The van der Waals surface area contributed by atoms with Crippen molar-refractivity contribution in [3.63, 3.8) is 0 Å². The lowest BCUT2D eigenvalue weighted by Gasteiger charge is -2.16. The number of aromatic nitrogens is 2. The molecule has 106 valence electrons. The third-order valence-corrected chi connectivity index (χ3v) is 4.30. The summed E-state index contributed by atoms with van der Waals surface area (Å²) in [6.45, 7) is 6.15. The Hall–Kier alpha value is -1.30. The van der Waals surface area contributed by atoms with Gasteiger partial charge in [0, 0.05) is 28.7 Å². The van der Waals surface area contributed by atoms with Crippen LogP contribution >= 0.6 is 11.8 Å². The van der Waals surface area contributed by atoms with Crippen molar-refractivity contribution in [1.82, 2.24) is 9.55 Å². The zero-order valence-corrected chi connectivity index (χ0v) is 12.6. The van der Waals surface area contributed by atoms with Gasteiger partial charge in [-0.15, -0.1) is 0 Å². The molecule has 0 spiro atoms. The van der Waals surface area contributed by atoms with Gasteiger partial charge < -0.3 is 5.11 Å². The highest BCUT2D eigenvalue weighted by molar-refractivity contribution is 7.99. The molecule has 1 aromatic rings. The molecule has 19 heavy (non-hydrogen) atoms. The summed E-state index contributed by atoms with van der Waals surface area (Å²) in [4.78, 5) is 26.7. The number of carboxylic acid groups (broad SMARTS) is 1. The zero-order chi connectivity index (χ0) is 14.6. The van der Waals surface area contributed by atoms with E-state index in [1.807, 2.05) is 6.26 Å². The maximum Gasteiger partial charge on any atom is 0.347 e. The van der Waals surface area contributed by atoms with Gasteiger partial charge in [-0.2, -0.15) is 16.7 Å². The van der Waals surface area contributed by atoms with Gasteiger partial charge >= 0.3 is 11.7 Å². The van der Waals surface area contributed by atoms with Gasteiger partial charge in [-0.05, 0) is 26.5 Å². The van der Waals surface area contributed by atoms with Crippen LogP contribution in [0.25, 0.3) is 0 Å². The van der Waals surface area contributed by atoms with E-state index in [9.17, 15) is 9.59 Å². The number of hydrogen-bond acceptors (Lipinski definition) is 4. The van der Waals surface area contributed by atoms with Gasteiger partial charge in [0.1, 0.15) is 0 Å². The quantitative estimate of drug-likeness (QED) is 0.859. The van der Waals surface area contributed by atoms with E-state index in [2.05, 4.69) is 11.9 Å². The fourth-order valence-electron chi connectivity index (χ4n) is 1.94. The van der Waals surface area contributed by atoms with E-state index in [-0.39, 0.29) is 12.1 Å². The second-order valence-corrected chi connectivity index (χ2v) is 5.88. The van der Waals surface area contributed by atoms with Gasteiger partial charge in [0.2, 0.25) is 0 Å². The predicted molar refractivity (Wildman–Crippen MR) is 76.9 cm³/mol. The van der Waals surface area contributed by atoms with Crippen molar-refractivity contribution < 1.29 is 9.90 Å². The molecule has 0 saturated heterocycles. The van der Waals surface area contributed by atoms with Crippen LogP contribution in [0.5, 0.6) is 0 Å². The summed E-state index contributed by atoms with van der Waals surface area (Å²) >= 11 is 1.74. The topological polar surface area (TPSA) is 72.2 Å². The standard InChI is InChI=1S/C13H20N2O3S/c1-8(19-4)5-6-15-10(3)11(7-12(16)17)9(2)14-13(15)18/h8H,5-7H2,1-4H3,(H,16,17). The molecule has 1 atom stereocenters. The van der Waals surface area contributed by atoms with Crippen LogP contribution in [-0.4, -0.2) is 32.1 Å². The van der Waals surface area contributed by atoms with Gasteiger partial charge in [0.05, 0.1) is 6.42 Å². The average Bonchev–Trinajstić information content (AvgIpc) is 2.33. The molecule has 0 saturated carbocycles. The van der Waals surface area contributed by atoms with E-state index in [0.29, 0.717) is 28.7 Å². The molecular formula is C13H20N2O3S. The van der Waals surface area contributed by atoms with Gasteiger partial charge in [-0.25, -0.2) is 4.79 Å². The molecule has 0 aromatic carbocycles. The zero-order valence-electron chi connectivity index (χ0n) is 11.8. The van der Waals surface area contributed by atoms with Crippen LogP contribution in [0.4, 0.5) is 0 Å². The molecule has 1 N–H and O–H groups in total. The van der Waals surface area contributed by atoms with E-state index >= 15 is 0 Å². The molecule has 0 fully saturated rings. The molecule has 0 aliphatic heterocycles. The number of thioether (sulfide) groups is 1. The van der Waals surface area contributed by atoms with Crippen molar-refractivity contribution in [3.05, 3.63) is 27.4 Å². The fourth-order valence-corrected chi connectivity index (χ4v) is 2.28. The smallest absolute Gasteiger partial charge is 0.347 e. The third kappa shape index (κ3) is 4.09. The Kier molecular flexibility index (Phi) is 5.60. The van der Waals surface area contributed by atoms with E-state index in [1.165, 1.54) is 0 Å². The Morgan fingerprint density at radius 2 is 2.11 bits per heavy atom. The van der Waals surface area contributed by atoms with Gasteiger partial charge in [-0.1, -0.05) is 6.92 Å². The monoisotopic (exact) mass is 284 g/mol. The third-order valence-electron chi connectivity index (χ3n) is 3.26. The minimum atomic E-state index is -0.907. The second kappa shape index (κ2) is 6.75. The summed E-state index contributed by atoms with van der Waals surface area (Å²) in [6.07, 6.45) is 2.80. The van der Waals surface area contributed by atoms with E-state index in [1.54, 1.807) is 30.2 Å². The Morgan fingerprint density at radius 3 is 2.63 bits per heavy atom. The molecule has 0 aliphatic rings. The molecule has 0 aliphatic carbocycles. The number of carboxylic acids is 1. The van der Waals surface area contributed by atoms with Crippen LogP contribution in [0.3, 0.4) is 0 Å². The summed E-state index contributed by atoms with van der Waals surface area (Å²) in [5, 5.41) is 9.37. The number of rotatable bonds is 6.